The number of carbonyl (C=O) groups is 1. The topological polar surface area (TPSA) is 34.0 Å². The van der Waals surface area contributed by atoms with Crippen LogP contribution >= 0.6 is 0 Å². The molecule has 0 unspecified atom stereocenters. The zero-order chi connectivity index (χ0) is 17.1. The van der Waals surface area contributed by atoms with Gasteiger partial charge < -0.3 is 9.88 Å². The van der Waals surface area contributed by atoms with Gasteiger partial charge in [-0.3, -0.25) is 4.79 Å². The third kappa shape index (κ3) is 3.18. The second kappa shape index (κ2) is 6.87. The van der Waals surface area contributed by atoms with Crippen molar-refractivity contribution in [3.8, 4) is 0 Å². The minimum absolute atomic E-state index is 0.0706. The lowest BCUT2D eigenvalue weighted by Gasteiger charge is -2.07. The number of nitrogens with zero attached hydrogens (tertiary/aromatic N) is 1. The van der Waals surface area contributed by atoms with E-state index in [4.69, 9.17) is 0 Å². The lowest BCUT2D eigenvalue weighted by molar-refractivity contribution is -0.120. The predicted molar refractivity (Wildman–Crippen MR) is 94.5 cm³/mol. The minimum Gasteiger partial charge on any atom is -0.355 e. The van der Waals surface area contributed by atoms with Crippen molar-refractivity contribution >= 4 is 16.8 Å². The number of amides is 1. The Hall–Kier alpha value is -2.62. The Morgan fingerprint density at radius 2 is 1.83 bits per heavy atom. The number of fused-ring (bicyclic) bond motifs is 1. The summed E-state index contributed by atoms with van der Waals surface area (Å²) in [5.41, 5.74) is 4.08. The molecular weight excluding hydrogens is 303 g/mol. The van der Waals surface area contributed by atoms with E-state index in [9.17, 15) is 9.18 Å². The number of rotatable bonds is 5. The molecule has 1 amide bonds. The maximum absolute atomic E-state index is 13.6. The highest BCUT2D eigenvalue weighted by atomic mass is 19.1. The smallest absolute Gasteiger partial charge is 0.224 e. The molecule has 3 aromatic rings. The third-order valence-corrected chi connectivity index (χ3v) is 4.54. The van der Waals surface area contributed by atoms with Gasteiger partial charge in [-0.2, -0.15) is 0 Å². The van der Waals surface area contributed by atoms with Crippen LogP contribution in [-0.2, 0) is 24.7 Å². The molecule has 1 aromatic heterocycles. The van der Waals surface area contributed by atoms with Gasteiger partial charge in [0.1, 0.15) is 5.82 Å². The molecule has 0 fully saturated rings. The Bertz CT molecular complexity index is 882. The summed E-state index contributed by atoms with van der Waals surface area (Å²) in [5, 5.41) is 4.12. The Kier molecular flexibility index (Phi) is 4.65. The molecule has 124 valence electrons. The molecule has 24 heavy (non-hydrogen) atoms. The first-order valence-corrected chi connectivity index (χ1v) is 8.11. The van der Waals surface area contributed by atoms with Crippen LogP contribution in [0.2, 0.25) is 0 Å². The summed E-state index contributed by atoms with van der Waals surface area (Å²) in [6.07, 6.45) is 0.831. The minimum atomic E-state index is -0.336. The highest BCUT2D eigenvalue weighted by molar-refractivity contribution is 5.85. The van der Waals surface area contributed by atoms with Crippen LogP contribution < -0.4 is 5.32 Å². The highest BCUT2D eigenvalue weighted by Gasteiger charge is 2.12. The number of carbonyl (C=O) groups excluding carboxylic acids is 1. The van der Waals surface area contributed by atoms with Crippen molar-refractivity contribution < 1.29 is 9.18 Å². The molecule has 0 saturated carbocycles. The number of nitrogens with one attached hydrogen (secondary N) is 1. The third-order valence-electron chi connectivity index (χ3n) is 4.54. The van der Waals surface area contributed by atoms with E-state index in [1.807, 2.05) is 12.1 Å². The zero-order valence-electron chi connectivity index (χ0n) is 14.0. The quantitative estimate of drug-likeness (QED) is 0.765. The fraction of sp³-hybridized carbons (Fsp3) is 0.250. The van der Waals surface area contributed by atoms with E-state index in [1.54, 1.807) is 18.2 Å². The maximum Gasteiger partial charge on any atom is 0.224 e. The van der Waals surface area contributed by atoms with Crippen molar-refractivity contribution in [1.29, 1.82) is 0 Å². The van der Waals surface area contributed by atoms with Gasteiger partial charge in [0.25, 0.3) is 0 Å². The summed E-state index contributed by atoms with van der Waals surface area (Å²) in [7, 11) is 2.05. The molecule has 0 radical (unpaired) electrons. The highest BCUT2D eigenvalue weighted by Crippen LogP contribution is 2.24. The van der Waals surface area contributed by atoms with Gasteiger partial charge >= 0.3 is 0 Å². The second-order valence-electron chi connectivity index (χ2n) is 6.01. The summed E-state index contributed by atoms with van der Waals surface area (Å²) in [4.78, 5) is 12.0. The van der Waals surface area contributed by atoms with E-state index in [0.29, 0.717) is 12.1 Å². The average Bonchev–Trinajstić information content (AvgIpc) is 2.82. The molecule has 0 bridgehead atoms. The van der Waals surface area contributed by atoms with Crippen LogP contribution in [0.3, 0.4) is 0 Å². The molecule has 1 N–H and O–H groups in total. The molecule has 0 saturated heterocycles. The molecule has 4 heteroatoms. The first-order valence-electron chi connectivity index (χ1n) is 8.11. The van der Waals surface area contributed by atoms with Gasteiger partial charge in [0.2, 0.25) is 5.91 Å². The number of benzene rings is 2. The number of hydrogen-bond donors (Lipinski definition) is 1. The zero-order valence-corrected chi connectivity index (χ0v) is 14.0. The molecule has 3 rings (SSSR count). The van der Waals surface area contributed by atoms with Crippen LogP contribution in [0.4, 0.5) is 4.39 Å². The number of aromatic nitrogens is 1. The van der Waals surface area contributed by atoms with E-state index in [2.05, 4.69) is 36.0 Å². The van der Waals surface area contributed by atoms with Crippen molar-refractivity contribution in [3.63, 3.8) is 0 Å². The van der Waals surface area contributed by atoms with Gasteiger partial charge in [-0.1, -0.05) is 36.4 Å². The van der Waals surface area contributed by atoms with Gasteiger partial charge in [0, 0.05) is 30.2 Å². The molecule has 3 nitrogen and oxygen atoms in total. The van der Waals surface area contributed by atoms with Crippen molar-refractivity contribution in [2.45, 2.75) is 19.8 Å². The first-order chi connectivity index (χ1) is 11.6. The summed E-state index contributed by atoms with van der Waals surface area (Å²) in [6.45, 7) is 2.64. The van der Waals surface area contributed by atoms with Crippen LogP contribution in [0, 0.1) is 12.7 Å². The normalized spacial score (nSPS) is 11.0. The second-order valence-corrected chi connectivity index (χ2v) is 6.01. The molecule has 0 aliphatic heterocycles. The van der Waals surface area contributed by atoms with E-state index in [1.165, 1.54) is 28.2 Å². The van der Waals surface area contributed by atoms with Crippen molar-refractivity contribution in [2.75, 3.05) is 6.54 Å². The largest absolute Gasteiger partial charge is 0.355 e. The molecule has 0 aliphatic rings. The Labute approximate surface area is 141 Å². The van der Waals surface area contributed by atoms with Crippen molar-refractivity contribution in [2.24, 2.45) is 7.05 Å². The standard InChI is InChI=1S/C20H21FN2O/c1-14-16(17-8-4-6-10-19(17)23(14)2)11-12-22-20(24)13-15-7-3-5-9-18(15)21/h3-10H,11-13H2,1-2H3,(H,22,24). The average molecular weight is 324 g/mol. The van der Waals surface area contributed by atoms with Crippen molar-refractivity contribution in [3.05, 3.63) is 71.2 Å². The number of aryl methyl sites for hydroxylation is 1. The van der Waals surface area contributed by atoms with E-state index in [-0.39, 0.29) is 18.1 Å². The van der Waals surface area contributed by atoms with Crippen LogP contribution in [0.15, 0.2) is 48.5 Å². The molecule has 2 aromatic carbocycles. The van der Waals surface area contributed by atoms with Gasteiger partial charge in [-0.05, 0) is 36.6 Å². The number of hydrogen-bond acceptors (Lipinski definition) is 1. The Morgan fingerprint density at radius 3 is 2.62 bits per heavy atom. The van der Waals surface area contributed by atoms with E-state index in [0.717, 1.165) is 6.42 Å². The van der Waals surface area contributed by atoms with E-state index < -0.39 is 0 Å². The van der Waals surface area contributed by atoms with Gasteiger partial charge in [-0.25, -0.2) is 4.39 Å². The van der Waals surface area contributed by atoms with Crippen molar-refractivity contribution in [1.82, 2.24) is 9.88 Å². The fourth-order valence-electron chi connectivity index (χ4n) is 3.12. The number of halogens is 1. The van der Waals surface area contributed by atoms with Crippen LogP contribution in [-0.4, -0.2) is 17.0 Å². The number of para-hydroxylation sites is 1. The lowest BCUT2D eigenvalue weighted by atomic mass is 10.1. The van der Waals surface area contributed by atoms with E-state index >= 15 is 0 Å². The monoisotopic (exact) mass is 324 g/mol. The van der Waals surface area contributed by atoms with Crippen LogP contribution in [0.1, 0.15) is 16.8 Å². The van der Waals surface area contributed by atoms with Gasteiger partial charge in [0.05, 0.1) is 6.42 Å². The molecule has 0 aliphatic carbocycles. The maximum atomic E-state index is 13.6. The first kappa shape index (κ1) is 16.2. The molecule has 0 spiro atoms. The molecule has 1 heterocycles. The van der Waals surface area contributed by atoms with Gasteiger partial charge in [0.15, 0.2) is 0 Å². The Balaban J connectivity index is 1.64. The summed E-state index contributed by atoms with van der Waals surface area (Å²) < 4.78 is 15.8. The molecular formula is C20H21FN2O. The fourth-order valence-corrected chi connectivity index (χ4v) is 3.12. The lowest BCUT2D eigenvalue weighted by Crippen LogP contribution is -2.27. The van der Waals surface area contributed by atoms with Crippen LogP contribution in [0.25, 0.3) is 10.9 Å². The molecule has 0 atom stereocenters. The summed E-state index contributed by atoms with van der Waals surface area (Å²) in [5.74, 6) is -0.490. The summed E-state index contributed by atoms with van der Waals surface area (Å²) in [6, 6.07) is 14.7. The van der Waals surface area contributed by atoms with Gasteiger partial charge in [-0.15, -0.1) is 0 Å². The van der Waals surface area contributed by atoms with Crippen LogP contribution in [0.5, 0.6) is 0 Å². The predicted octanol–water partition coefficient (Wildman–Crippen LogP) is 3.53. The Morgan fingerprint density at radius 1 is 1.12 bits per heavy atom. The SMILES string of the molecule is Cc1c(CCNC(=O)Cc2ccccc2F)c2ccccc2n1C. The summed E-state index contributed by atoms with van der Waals surface area (Å²) >= 11 is 0.